The maximum atomic E-state index is 11.1. The van der Waals surface area contributed by atoms with Crippen LogP contribution < -0.4 is 5.32 Å². The van der Waals surface area contributed by atoms with Crippen molar-refractivity contribution in [1.29, 1.82) is 0 Å². The predicted octanol–water partition coefficient (Wildman–Crippen LogP) is 1.06. The summed E-state index contributed by atoms with van der Waals surface area (Å²) in [6.45, 7) is 4.05. The molecular formula is C9H19NO2. The van der Waals surface area contributed by atoms with Crippen molar-refractivity contribution in [3.8, 4) is 0 Å². The summed E-state index contributed by atoms with van der Waals surface area (Å²) in [4.78, 5) is 11.1. The summed E-state index contributed by atoms with van der Waals surface area (Å²) in [5.74, 6) is 0.0463. The van der Waals surface area contributed by atoms with Gasteiger partial charge in [0.25, 0.3) is 0 Å². The van der Waals surface area contributed by atoms with Gasteiger partial charge in [-0.1, -0.05) is 20.3 Å². The Morgan fingerprint density at radius 2 is 2.08 bits per heavy atom. The lowest BCUT2D eigenvalue weighted by molar-refractivity contribution is -0.122. The number of carbonyl (C=O) groups excluding carboxylic acids is 1. The monoisotopic (exact) mass is 173 g/mol. The molecule has 0 radical (unpaired) electrons. The quantitative estimate of drug-likeness (QED) is 0.631. The topological polar surface area (TPSA) is 49.3 Å². The van der Waals surface area contributed by atoms with Gasteiger partial charge in [-0.2, -0.15) is 0 Å². The fourth-order valence-electron chi connectivity index (χ4n) is 1.08. The lowest BCUT2D eigenvalue weighted by Gasteiger charge is -2.14. The summed E-state index contributed by atoms with van der Waals surface area (Å²) in [6.07, 6.45) is 3.25. The van der Waals surface area contributed by atoms with Crippen LogP contribution in [0.25, 0.3) is 0 Å². The van der Waals surface area contributed by atoms with Crippen LogP contribution in [-0.2, 0) is 4.79 Å². The Morgan fingerprint density at radius 3 is 2.50 bits per heavy atom. The normalized spacial score (nSPS) is 12.6. The number of carbonyl (C=O) groups is 1. The molecule has 0 aliphatic heterocycles. The third-order valence-corrected chi connectivity index (χ3v) is 1.70. The van der Waals surface area contributed by atoms with Crippen LogP contribution in [0, 0.1) is 0 Å². The molecule has 0 rings (SSSR count). The molecule has 0 saturated carbocycles. The lowest BCUT2D eigenvalue weighted by Crippen LogP contribution is -2.37. The summed E-state index contributed by atoms with van der Waals surface area (Å²) in [5, 5.41) is 11.6. The molecule has 1 amide bonds. The van der Waals surface area contributed by atoms with E-state index in [0.717, 1.165) is 19.3 Å². The number of aliphatic hydroxyl groups is 1. The van der Waals surface area contributed by atoms with Gasteiger partial charge in [0, 0.05) is 6.42 Å². The van der Waals surface area contributed by atoms with E-state index in [4.69, 9.17) is 5.11 Å². The van der Waals surface area contributed by atoms with Crippen LogP contribution in [0.4, 0.5) is 0 Å². The zero-order valence-corrected chi connectivity index (χ0v) is 7.97. The molecule has 1 atom stereocenters. The van der Waals surface area contributed by atoms with Crippen LogP contribution in [0.1, 0.15) is 39.5 Å². The average molecular weight is 173 g/mol. The van der Waals surface area contributed by atoms with Crippen LogP contribution in [0.5, 0.6) is 0 Å². The maximum absolute atomic E-state index is 11.1. The lowest BCUT2D eigenvalue weighted by atomic mass is 10.1. The van der Waals surface area contributed by atoms with Crippen LogP contribution in [0.15, 0.2) is 0 Å². The van der Waals surface area contributed by atoms with E-state index in [9.17, 15) is 4.79 Å². The first-order chi connectivity index (χ1) is 5.74. The summed E-state index contributed by atoms with van der Waals surface area (Å²) in [6, 6.07) is -0.0472. The van der Waals surface area contributed by atoms with Crippen LogP contribution in [-0.4, -0.2) is 23.7 Å². The zero-order valence-electron chi connectivity index (χ0n) is 7.97. The highest BCUT2D eigenvalue weighted by Crippen LogP contribution is 1.96. The highest BCUT2D eigenvalue weighted by Gasteiger charge is 2.08. The van der Waals surface area contributed by atoms with Crippen molar-refractivity contribution in [3.05, 3.63) is 0 Å². The van der Waals surface area contributed by atoms with Gasteiger partial charge in [-0.25, -0.2) is 0 Å². The molecule has 0 saturated heterocycles. The van der Waals surface area contributed by atoms with Gasteiger partial charge in [-0.3, -0.25) is 4.79 Å². The van der Waals surface area contributed by atoms with Crippen molar-refractivity contribution >= 4 is 5.91 Å². The molecule has 0 aliphatic rings. The Kier molecular flexibility index (Phi) is 6.76. The van der Waals surface area contributed by atoms with Crippen LogP contribution >= 0.6 is 0 Å². The fraction of sp³-hybridized carbons (Fsp3) is 0.889. The molecule has 0 aromatic heterocycles. The number of rotatable bonds is 6. The molecule has 72 valence electrons. The Morgan fingerprint density at radius 1 is 1.42 bits per heavy atom. The molecule has 0 aliphatic carbocycles. The Hall–Kier alpha value is -0.570. The second-order valence-electron chi connectivity index (χ2n) is 2.99. The van der Waals surface area contributed by atoms with Gasteiger partial charge in [0.05, 0.1) is 12.6 Å². The van der Waals surface area contributed by atoms with Crippen molar-refractivity contribution in [2.75, 3.05) is 6.61 Å². The molecule has 0 aromatic rings. The van der Waals surface area contributed by atoms with Gasteiger partial charge in [0.15, 0.2) is 0 Å². The summed E-state index contributed by atoms with van der Waals surface area (Å²) >= 11 is 0. The molecule has 0 spiro atoms. The number of nitrogens with one attached hydrogen (secondary N) is 1. The van der Waals surface area contributed by atoms with E-state index < -0.39 is 0 Å². The van der Waals surface area contributed by atoms with E-state index in [0.29, 0.717) is 6.42 Å². The zero-order chi connectivity index (χ0) is 9.40. The standard InChI is InChI=1S/C9H19NO2/c1-3-5-8(7-11)10-9(12)6-4-2/h8,11H,3-7H2,1-2H3,(H,10,12)/t8-/m0/s1. The highest BCUT2D eigenvalue weighted by molar-refractivity contribution is 5.76. The van der Waals surface area contributed by atoms with Gasteiger partial charge >= 0.3 is 0 Å². The van der Waals surface area contributed by atoms with Crippen molar-refractivity contribution in [2.45, 2.75) is 45.6 Å². The summed E-state index contributed by atoms with van der Waals surface area (Å²) in [5.41, 5.74) is 0. The predicted molar refractivity (Wildman–Crippen MR) is 48.8 cm³/mol. The largest absolute Gasteiger partial charge is 0.394 e. The van der Waals surface area contributed by atoms with Crippen molar-refractivity contribution in [1.82, 2.24) is 5.32 Å². The van der Waals surface area contributed by atoms with Gasteiger partial charge in [0.1, 0.15) is 0 Å². The first-order valence-corrected chi connectivity index (χ1v) is 4.64. The fourth-order valence-corrected chi connectivity index (χ4v) is 1.08. The Bertz CT molecular complexity index is 126. The van der Waals surface area contributed by atoms with Gasteiger partial charge in [-0.05, 0) is 12.8 Å². The van der Waals surface area contributed by atoms with E-state index >= 15 is 0 Å². The van der Waals surface area contributed by atoms with E-state index in [1.807, 2.05) is 13.8 Å². The third kappa shape index (κ3) is 5.13. The highest BCUT2D eigenvalue weighted by atomic mass is 16.3. The third-order valence-electron chi connectivity index (χ3n) is 1.70. The maximum Gasteiger partial charge on any atom is 0.220 e. The minimum absolute atomic E-state index is 0.0449. The molecule has 3 nitrogen and oxygen atoms in total. The van der Waals surface area contributed by atoms with Crippen molar-refractivity contribution < 1.29 is 9.90 Å². The second-order valence-corrected chi connectivity index (χ2v) is 2.99. The molecule has 0 bridgehead atoms. The number of amides is 1. The molecule has 0 fully saturated rings. The van der Waals surface area contributed by atoms with E-state index in [2.05, 4.69) is 5.32 Å². The molecule has 0 unspecified atom stereocenters. The van der Waals surface area contributed by atoms with E-state index in [-0.39, 0.29) is 18.6 Å². The summed E-state index contributed by atoms with van der Waals surface area (Å²) in [7, 11) is 0. The van der Waals surface area contributed by atoms with E-state index in [1.165, 1.54) is 0 Å². The van der Waals surface area contributed by atoms with Gasteiger partial charge < -0.3 is 10.4 Å². The van der Waals surface area contributed by atoms with Crippen molar-refractivity contribution in [3.63, 3.8) is 0 Å². The summed E-state index contributed by atoms with van der Waals surface area (Å²) < 4.78 is 0. The minimum atomic E-state index is -0.0472. The van der Waals surface area contributed by atoms with Gasteiger partial charge in [-0.15, -0.1) is 0 Å². The molecule has 0 aromatic carbocycles. The number of hydrogen-bond donors (Lipinski definition) is 2. The smallest absolute Gasteiger partial charge is 0.220 e. The average Bonchev–Trinajstić information content (AvgIpc) is 2.04. The molecule has 0 heterocycles. The molecular weight excluding hydrogens is 154 g/mol. The second kappa shape index (κ2) is 7.10. The first-order valence-electron chi connectivity index (χ1n) is 4.64. The SMILES string of the molecule is CCCC(=O)N[C@H](CO)CCC. The first kappa shape index (κ1) is 11.4. The van der Waals surface area contributed by atoms with Crippen LogP contribution in [0.2, 0.25) is 0 Å². The number of hydrogen-bond acceptors (Lipinski definition) is 2. The van der Waals surface area contributed by atoms with E-state index in [1.54, 1.807) is 0 Å². The molecule has 12 heavy (non-hydrogen) atoms. The molecule has 3 heteroatoms. The Balaban J connectivity index is 3.61. The molecule has 2 N–H and O–H groups in total. The van der Waals surface area contributed by atoms with Gasteiger partial charge in [0.2, 0.25) is 5.91 Å². The van der Waals surface area contributed by atoms with Crippen molar-refractivity contribution in [2.24, 2.45) is 0 Å². The van der Waals surface area contributed by atoms with Crippen LogP contribution in [0.3, 0.4) is 0 Å². The number of aliphatic hydroxyl groups excluding tert-OH is 1. The minimum Gasteiger partial charge on any atom is -0.394 e. The Labute approximate surface area is 74.2 Å².